The summed E-state index contributed by atoms with van der Waals surface area (Å²) in [6.45, 7) is 0.344. The third kappa shape index (κ3) is 3.33. The van der Waals surface area contributed by atoms with Crippen LogP contribution in [-0.2, 0) is 6.54 Å². The SMILES string of the molecule is Nc1cnc2ccc(CN(C(=O)c3cccnc3)c3cccc4scnc34)cc2n1. The molecule has 2 aromatic carbocycles. The van der Waals surface area contributed by atoms with Crippen LogP contribution in [0.25, 0.3) is 21.3 Å². The van der Waals surface area contributed by atoms with E-state index in [4.69, 9.17) is 5.73 Å². The van der Waals surface area contributed by atoms with Crippen molar-refractivity contribution in [3.05, 3.63) is 83.8 Å². The predicted octanol–water partition coefficient (Wildman–Crippen LogP) is 4.06. The van der Waals surface area contributed by atoms with E-state index in [0.29, 0.717) is 23.4 Å². The largest absolute Gasteiger partial charge is 0.382 e. The number of hydrogen-bond acceptors (Lipinski definition) is 7. The molecule has 0 aliphatic carbocycles. The summed E-state index contributed by atoms with van der Waals surface area (Å²) in [7, 11) is 0. The fourth-order valence-corrected chi connectivity index (χ4v) is 4.05. The highest BCUT2D eigenvalue weighted by Crippen LogP contribution is 2.30. The molecule has 5 rings (SSSR count). The van der Waals surface area contributed by atoms with Crippen molar-refractivity contribution in [2.75, 3.05) is 10.6 Å². The molecule has 0 bridgehead atoms. The van der Waals surface area contributed by atoms with Gasteiger partial charge in [0.05, 0.1) is 45.2 Å². The van der Waals surface area contributed by atoms with E-state index in [2.05, 4.69) is 19.9 Å². The molecule has 1 amide bonds. The van der Waals surface area contributed by atoms with E-state index in [1.54, 1.807) is 46.3 Å². The molecule has 5 aromatic rings. The topological polar surface area (TPSA) is 97.9 Å². The molecule has 0 atom stereocenters. The van der Waals surface area contributed by atoms with Crippen LogP contribution in [0, 0.1) is 0 Å². The summed E-state index contributed by atoms with van der Waals surface area (Å²) in [5.41, 5.74) is 12.0. The molecule has 3 heterocycles. The lowest BCUT2D eigenvalue weighted by atomic mass is 10.1. The van der Waals surface area contributed by atoms with Crippen molar-refractivity contribution in [3.8, 4) is 0 Å². The molecule has 0 aliphatic rings. The molecule has 30 heavy (non-hydrogen) atoms. The summed E-state index contributed by atoms with van der Waals surface area (Å²) in [6, 6.07) is 15.1. The van der Waals surface area contributed by atoms with Gasteiger partial charge in [-0.3, -0.25) is 14.8 Å². The highest BCUT2D eigenvalue weighted by molar-refractivity contribution is 7.16. The first-order valence-electron chi connectivity index (χ1n) is 9.24. The van der Waals surface area contributed by atoms with Crippen molar-refractivity contribution < 1.29 is 4.79 Å². The Morgan fingerprint density at radius 1 is 1.03 bits per heavy atom. The number of aromatic nitrogens is 4. The van der Waals surface area contributed by atoms with Gasteiger partial charge >= 0.3 is 0 Å². The number of nitrogen functional groups attached to an aromatic ring is 1. The highest BCUT2D eigenvalue weighted by atomic mass is 32.1. The molecule has 146 valence electrons. The zero-order chi connectivity index (χ0) is 20.5. The zero-order valence-electron chi connectivity index (χ0n) is 15.8. The number of thiazole rings is 1. The highest BCUT2D eigenvalue weighted by Gasteiger charge is 2.21. The van der Waals surface area contributed by atoms with Crippen molar-refractivity contribution in [3.63, 3.8) is 0 Å². The first kappa shape index (κ1) is 18.1. The second-order valence-electron chi connectivity index (χ2n) is 6.73. The van der Waals surface area contributed by atoms with Gasteiger partial charge in [-0.05, 0) is 42.0 Å². The Balaban J connectivity index is 1.61. The molecule has 0 unspecified atom stereocenters. The van der Waals surface area contributed by atoms with E-state index in [9.17, 15) is 4.79 Å². The number of amides is 1. The third-order valence-electron chi connectivity index (χ3n) is 4.75. The first-order valence-corrected chi connectivity index (χ1v) is 10.1. The number of nitrogens with two attached hydrogens (primary N) is 1. The van der Waals surface area contributed by atoms with Crippen LogP contribution in [0.3, 0.4) is 0 Å². The Bertz CT molecular complexity index is 1370. The van der Waals surface area contributed by atoms with E-state index >= 15 is 0 Å². The van der Waals surface area contributed by atoms with Crippen LogP contribution in [0.1, 0.15) is 15.9 Å². The number of nitrogens with zero attached hydrogens (tertiary/aromatic N) is 5. The number of anilines is 2. The summed E-state index contributed by atoms with van der Waals surface area (Å²) in [5, 5.41) is 0. The van der Waals surface area contributed by atoms with Crippen LogP contribution in [0.2, 0.25) is 0 Å². The molecule has 2 N–H and O–H groups in total. The average molecular weight is 412 g/mol. The minimum Gasteiger partial charge on any atom is -0.382 e. The van der Waals surface area contributed by atoms with Gasteiger partial charge in [-0.15, -0.1) is 11.3 Å². The summed E-state index contributed by atoms with van der Waals surface area (Å²) in [5.74, 6) is 0.206. The Morgan fingerprint density at radius 3 is 2.83 bits per heavy atom. The number of rotatable bonds is 4. The van der Waals surface area contributed by atoms with Gasteiger partial charge in [-0.2, -0.15) is 0 Å². The lowest BCUT2D eigenvalue weighted by Crippen LogP contribution is -2.30. The molecule has 8 heteroatoms. The van der Waals surface area contributed by atoms with Crippen LogP contribution in [0.4, 0.5) is 11.5 Å². The predicted molar refractivity (Wildman–Crippen MR) is 118 cm³/mol. The average Bonchev–Trinajstić information content (AvgIpc) is 3.26. The minimum absolute atomic E-state index is 0.151. The van der Waals surface area contributed by atoms with Gasteiger partial charge in [0.2, 0.25) is 0 Å². The van der Waals surface area contributed by atoms with E-state index in [0.717, 1.165) is 27.0 Å². The van der Waals surface area contributed by atoms with Gasteiger partial charge in [-0.1, -0.05) is 12.1 Å². The van der Waals surface area contributed by atoms with Gasteiger partial charge in [0, 0.05) is 12.4 Å². The van der Waals surface area contributed by atoms with Crippen LogP contribution in [0.15, 0.2) is 72.6 Å². The molecule has 7 nitrogen and oxygen atoms in total. The monoisotopic (exact) mass is 412 g/mol. The van der Waals surface area contributed by atoms with Crippen LogP contribution in [-0.4, -0.2) is 25.8 Å². The van der Waals surface area contributed by atoms with Gasteiger partial charge < -0.3 is 10.6 Å². The second kappa shape index (κ2) is 7.49. The van der Waals surface area contributed by atoms with Crippen molar-refractivity contribution in [1.29, 1.82) is 0 Å². The summed E-state index contributed by atoms with van der Waals surface area (Å²) >= 11 is 1.54. The molecular formula is C22H16N6OS. The van der Waals surface area contributed by atoms with Crippen LogP contribution < -0.4 is 10.6 Å². The van der Waals surface area contributed by atoms with Crippen LogP contribution >= 0.6 is 11.3 Å². The van der Waals surface area contributed by atoms with Crippen molar-refractivity contribution >= 4 is 50.0 Å². The number of fused-ring (bicyclic) bond motifs is 2. The van der Waals surface area contributed by atoms with Gasteiger partial charge in [0.1, 0.15) is 11.3 Å². The molecule has 0 aliphatic heterocycles. The Hall–Kier alpha value is -3.91. The van der Waals surface area contributed by atoms with Gasteiger partial charge in [0.25, 0.3) is 5.91 Å². The maximum atomic E-state index is 13.4. The van der Waals surface area contributed by atoms with Crippen molar-refractivity contribution in [2.45, 2.75) is 6.54 Å². The van der Waals surface area contributed by atoms with Gasteiger partial charge in [-0.25, -0.2) is 9.97 Å². The van der Waals surface area contributed by atoms with E-state index in [1.165, 1.54) is 6.20 Å². The third-order valence-corrected chi connectivity index (χ3v) is 5.54. The van der Waals surface area contributed by atoms with E-state index in [-0.39, 0.29) is 5.91 Å². The standard InChI is InChI=1S/C22H16N6OS/c23-20-11-25-16-7-6-14(9-17(16)27-20)12-28(22(29)15-3-2-8-24-10-15)18-4-1-5-19-21(18)26-13-30-19/h1-11,13H,12H2,(H2,23,27). The maximum Gasteiger partial charge on any atom is 0.260 e. The number of pyridine rings is 1. The smallest absolute Gasteiger partial charge is 0.260 e. The lowest BCUT2D eigenvalue weighted by molar-refractivity contribution is 0.0985. The molecule has 0 fully saturated rings. The fourth-order valence-electron chi connectivity index (χ4n) is 3.35. The minimum atomic E-state index is -0.151. The molecular weight excluding hydrogens is 396 g/mol. The molecule has 0 saturated carbocycles. The number of carbonyl (C=O) groups is 1. The summed E-state index contributed by atoms with van der Waals surface area (Å²) < 4.78 is 1.02. The van der Waals surface area contributed by atoms with E-state index in [1.807, 2.05) is 36.4 Å². The Kier molecular flexibility index (Phi) is 4.53. The Morgan fingerprint density at radius 2 is 1.97 bits per heavy atom. The Labute approximate surface area is 175 Å². The summed E-state index contributed by atoms with van der Waals surface area (Å²) in [6.07, 6.45) is 4.75. The normalized spacial score (nSPS) is 11.1. The van der Waals surface area contributed by atoms with Crippen LogP contribution in [0.5, 0.6) is 0 Å². The quantitative estimate of drug-likeness (QED) is 0.478. The lowest BCUT2D eigenvalue weighted by Gasteiger charge is -2.23. The van der Waals surface area contributed by atoms with Crippen molar-refractivity contribution in [1.82, 2.24) is 19.9 Å². The van der Waals surface area contributed by atoms with Gasteiger partial charge in [0.15, 0.2) is 0 Å². The molecule has 0 saturated heterocycles. The number of hydrogen-bond donors (Lipinski definition) is 1. The van der Waals surface area contributed by atoms with E-state index < -0.39 is 0 Å². The van der Waals surface area contributed by atoms with Crippen molar-refractivity contribution in [2.24, 2.45) is 0 Å². The second-order valence-corrected chi connectivity index (χ2v) is 7.61. The number of benzene rings is 2. The number of para-hydroxylation sites is 1. The number of carbonyl (C=O) groups excluding carboxylic acids is 1. The maximum absolute atomic E-state index is 13.4. The molecule has 0 radical (unpaired) electrons. The summed E-state index contributed by atoms with van der Waals surface area (Å²) in [4.78, 5) is 32.4. The molecule has 3 aromatic heterocycles. The first-order chi connectivity index (χ1) is 14.7. The molecule has 0 spiro atoms. The zero-order valence-corrected chi connectivity index (χ0v) is 16.6. The fraction of sp³-hybridized carbons (Fsp3) is 0.0455.